The third kappa shape index (κ3) is 1.74. The third-order valence-corrected chi connectivity index (χ3v) is 6.50. The molecular formula is C18H24O2. The van der Waals surface area contributed by atoms with Gasteiger partial charge in [0.15, 0.2) is 0 Å². The molecule has 0 aromatic rings. The number of allylic oxidation sites excluding steroid dienone is 5. The van der Waals surface area contributed by atoms with Crippen molar-refractivity contribution in [3.63, 3.8) is 0 Å². The van der Waals surface area contributed by atoms with Gasteiger partial charge in [0.2, 0.25) is 0 Å². The molecule has 4 aliphatic rings. The Morgan fingerprint density at radius 3 is 3.00 bits per heavy atom. The van der Waals surface area contributed by atoms with E-state index < -0.39 is 0 Å². The van der Waals surface area contributed by atoms with E-state index in [1.54, 1.807) is 0 Å². The quantitative estimate of drug-likeness (QED) is 0.705. The van der Waals surface area contributed by atoms with Crippen molar-refractivity contribution >= 4 is 0 Å². The Morgan fingerprint density at radius 2 is 2.15 bits per heavy atom. The van der Waals surface area contributed by atoms with Crippen molar-refractivity contribution in [1.82, 2.24) is 0 Å². The van der Waals surface area contributed by atoms with Crippen LogP contribution in [0.5, 0.6) is 0 Å². The smallest absolute Gasteiger partial charge is 0.115 e. The highest BCUT2D eigenvalue weighted by Crippen LogP contribution is 2.60. The second-order valence-corrected chi connectivity index (χ2v) is 7.61. The van der Waals surface area contributed by atoms with E-state index in [1.807, 2.05) is 12.2 Å². The van der Waals surface area contributed by atoms with Gasteiger partial charge in [-0.15, -0.1) is 0 Å². The minimum Gasteiger partial charge on any atom is -0.508 e. The van der Waals surface area contributed by atoms with Crippen LogP contribution in [0.2, 0.25) is 0 Å². The Labute approximate surface area is 120 Å². The zero-order chi connectivity index (χ0) is 13.9. The van der Waals surface area contributed by atoms with E-state index >= 15 is 0 Å². The average molecular weight is 272 g/mol. The van der Waals surface area contributed by atoms with Crippen LogP contribution in [0.15, 0.2) is 35.6 Å². The maximum atomic E-state index is 10.1. The largest absolute Gasteiger partial charge is 0.508 e. The topological polar surface area (TPSA) is 40.5 Å². The van der Waals surface area contributed by atoms with Gasteiger partial charge in [0, 0.05) is 5.92 Å². The lowest BCUT2D eigenvalue weighted by molar-refractivity contribution is 0.0244. The molecule has 0 unspecified atom stereocenters. The first-order valence-electron chi connectivity index (χ1n) is 8.04. The fraction of sp³-hybridized carbons (Fsp3) is 0.667. The number of hydrogen-bond donors (Lipinski definition) is 2. The molecule has 2 heteroatoms. The summed E-state index contributed by atoms with van der Waals surface area (Å²) in [6.45, 7) is 2.39. The summed E-state index contributed by atoms with van der Waals surface area (Å²) in [6, 6.07) is 0. The molecule has 0 bridgehead atoms. The van der Waals surface area contributed by atoms with Gasteiger partial charge in [0.25, 0.3) is 0 Å². The van der Waals surface area contributed by atoms with Gasteiger partial charge in [-0.25, -0.2) is 0 Å². The van der Waals surface area contributed by atoms with Crippen LogP contribution in [0.25, 0.3) is 0 Å². The Bertz CT molecular complexity index is 516. The predicted molar refractivity (Wildman–Crippen MR) is 79.1 cm³/mol. The molecular weight excluding hydrogens is 248 g/mol. The molecule has 108 valence electrons. The van der Waals surface area contributed by atoms with Crippen LogP contribution >= 0.6 is 0 Å². The van der Waals surface area contributed by atoms with Crippen molar-refractivity contribution in [2.75, 3.05) is 0 Å². The zero-order valence-corrected chi connectivity index (χ0v) is 12.1. The van der Waals surface area contributed by atoms with Crippen LogP contribution in [0.3, 0.4) is 0 Å². The van der Waals surface area contributed by atoms with Crippen molar-refractivity contribution in [2.24, 2.45) is 29.1 Å². The molecule has 2 nitrogen and oxygen atoms in total. The van der Waals surface area contributed by atoms with Gasteiger partial charge in [-0.3, -0.25) is 0 Å². The van der Waals surface area contributed by atoms with E-state index in [4.69, 9.17) is 0 Å². The Kier molecular flexibility index (Phi) is 2.69. The molecule has 0 heterocycles. The number of fused-ring (bicyclic) bond motifs is 5. The minimum atomic E-state index is -0.0834. The van der Waals surface area contributed by atoms with Gasteiger partial charge < -0.3 is 10.2 Å². The van der Waals surface area contributed by atoms with Gasteiger partial charge in [-0.1, -0.05) is 19.1 Å². The number of rotatable bonds is 0. The maximum Gasteiger partial charge on any atom is 0.115 e. The standard InChI is InChI=1S/C18H24O2/c1-18-7-6-15-14-5-3-12(19)8-11(14)2-4-16(15)17(18)9-13(20)10-18/h2-3,5,8,13-17,19-20H,4,6-7,9-10H2,1H3/t13-,14+,15-,16-,17+,18-/m1/s1. The Hall–Kier alpha value is -1.02. The van der Waals surface area contributed by atoms with E-state index in [-0.39, 0.29) is 6.10 Å². The van der Waals surface area contributed by atoms with Crippen LogP contribution in [0, 0.1) is 29.1 Å². The summed E-state index contributed by atoms with van der Waals surface area (Å²) >= 11 is 0. The van der Waals surface area contributed by atoms with Crippen molar-refractivity contribution in [1.29, 1.82) is 0 Å². The molecule has 0 aromatic carbocycles. The fourth-order valence-corrected chi connectivity index (χ4v) is 5.61. The van der Waals surface area contributed by atoms with Gasteiger partial charge in [0.1, 0.15) is 5.76 Å². The molecule has 2 saturated carbocycles. The molecule has 0 saturated heterocycles. The van der Waals surface area contributed by atoms with E-state index in [0.29, 0.717) is 28.9 Å². The number of hydrogen-bond acceptors (Lipinski definition) is 2. The number of aliphatic hydroxyl groups excluding tert-OH is 2. The highest BCUT2D eigenvalue weighted by molar-refractivity contribution is 5.38. The monoisotopic (exact) mass is 272 g/mol. The van der Waals surface area contributed by atoms with Gasteiger partial charge >= 0.3 is 0 Å². The predicted octanol–water partition coefficient (Wildman–Crippen LogP) is 3.75. The third-order valence-electron chi connectivity index (χ3n) is 6.50. The van der Waals surface area contributed by atoms with E-state index in [9.17, 15) is 10.2 Å². The Morgan fingerprint density at radius 1 is 1.30 bits per heavy atom. The second kappa shape index (κ2) is 4.24. The van der Waals surface area contributed by atoms with Crippen LogP contribution in [0.4, 0.5) is 0 Å². The summed E-state index contributed by atoms with van der Waals surface area (Å²) in [4.78, 5) is 0. The van der Waals surface area contributed by atoms with Crippen molar-refractivity contribution in [2.45, 2.75) is 45.1 Å². The van der Waals surface area contributed by atoms with Crippen molar-refractivity contribution < 1.29 is 10.2 Å². The van der Waals surface area contributed by atoms with Gasteiger partial charge in [-0.05, 0) is 73.0 Å². The van der Waals surface area contributed by atoms with Crippen LogP contribution in [0.1, 0.15) is 39.0 Å². The highest BCUT2D eigenvalue weighted by atomic mass is 16.3. The summed E-state index contributed by atoms with van der Waals surface area (Å²) in [5.74, 6) is 2.99. The summed E-state index contributed by atoms with van der Waals surface area (Å²) in [5, 5.41) is 19.8. The summed E-state index contributed by atoms with van der Waals surface area (Å²) in [7, 11) is 0. The lowest BCUT2D eigenvalue weighted by Crippen LogP contribution is -2.42. The van der Waals surface area contributed by atoms with E-state index in [0.717, 1.165) is 25.2 Å². The molecule has 0 aromatic heterocycles. The second-order valence-electron chi connectivity index (χ2n) is 7.61. The molecule has 0 aliphatic heterocycles. The molecule has 20 heavy (non-hydrogen) atoms. The van der Waals surface area contributed by atoms with Crippen LogP contribution in [-0.2, 0) is 0 Å². The first-order valence-corrected chi connectivity index (χ1v) is 8.04. The molecule has 0 spiro atoms. The van der Waals surface area contributed by atoms with E-state index in [2.05, 4.69) is 19.1 Å². The van der Waals surface area contributed by atoms with Crippen molar-refractivity contribution in [3.8, 4) is 0 Å². The fourth-order valence-electron chi connectivity index (χ4n) is 5.61. The highest BCUT2D eigenvalue weighted by Gasteiger charge is 2.53. The summed E-state index contributed by atoms with van der Waals surface area (Å²) in [5.41, 5.74) is 1.68. The zero-order valence-electron chi connectivity index (χ0n) is 12.1. The molecule has 0 radical (unpaired) electrons. The number of aliphatic hydroxyl groups is 2. The van der Waals surface area contributed by atoms with Crippen LogP contribution < -0.4 is 0 Å². The molecule has 4 aliphatic carbocycles. The molecule has 2 fully saturated rings. The van der Waals surface area contributed by atoms with Crippen molar-refractivity contribution in [3.05, 3.63) is 35.6 Å². The molecule has 2 N–H and O–H groups in total. The SMILES string of the molecule is C[C@]12CC[C@H]3[C@@H](CC=C4C=C(O)C=C[C@@H]43)[C@@H]1C[C@@H](O)C2. The lowest BCUT2D eigenvalue weighted by Gasteiger charge is -2.50. The maximum absolute atomic E-state index is 10.1. The first-order chi connectivity index (χ1) is 9.57. The van der Waals surface area contributed by atoms with Gasteiger partial charge in [0.05, 0.1) is 6.10 Å². The Balaban J connectivity index is 1.67. The summed E-state index contributed by atoms with van der Waals surface area (Å²) in [6.07, 6.45) is 13.9. The van der Waals surface area contributed by atoms with Gasteiger partial charge in [-0.2, -0.15) is 0 Å². The normalized spacial score (nSPS) is 49.8. The minimum absolute atomic E-state index is 0.0834. The molecule has 0 amide bonds. The van der Waals surface area contributed by atoms with E-state index in [1.165, 1.54) is 18.4 Å². The summed E-state index contributed by atoms with van der Waals surface area (Å²) < 4.78 is 0. The molecule has 4 rings (SSSR count). The lowest BCUT2D eigenvalue weighted by atomic mass is 9.54. The first kappa shape index (κ1) is 12.7. The molecule has 6 atom stereocenters. The van der Waals surface area contributed by atoms with Crippen LogP contribution in [-0.4, -0.2) is 16.3 Å². The average Bonchev–Trinajstić information content (AvgIpc) is 2.72.